The summed E-state index contributed by atoms with van der Waals surface area (Å²) in [5.74, 6) is 0.753. The van der Waals surface area contributed by atoms with Gasteiger partial charge in [0.25, 0.3) is 0 Å². The molecule has 0 aliphatic heterocycles. The third-order valence-corrected chi connectivity index (χ3v) is 4.48. The molecule has 0 radical (unpaired) electrons. The number of nitrogens with zero attached hydrogens (tertiary/aromatic N) is 2. The summed E-state index contributed by atoms with van der Waals surface area (Å²) in [6, 6.07) is 9.20. The van der Waals surface area contributed by atoms with E-state index in [4.69, 9.17) is 0 Å². The lowest BCUT2D eigenvalue weighted by atomic mass is 10.1. The molecule has 0 bridgehead atoms. The fourth-order valence-corrected chi connectivity index (χ4v) is 3.13. The van der Waals surface area contributed by atoms with Gasteiger partial charge in [0.2, 0.25) is 0 Å². The van der Waals surface area contributed by atoms with E-state index in [1.807, 2.05) is 37.1 Å². The molecule has 1 aromatic heterocycles. The van der Waals surface area contributed by atoms with E-state index < -0.39 is 0 Å². The van der Waals surface area contributed by atoms with Crippen LogP contribution in [0.5, 0.6) is 0 Å². The Morgan fingerprint density at radius 2 is 2.25 bits per heavy atom. The molecule has 108 valence electrons. The van der Waals surface area contributed by atoms with Gasteiger partial charge in [0.1, 0.15) is 5.82 Å². The minimum Gasteiger partial charge on any atom is -0.316 e. The molecule has 20 heavy (non-hydrogen) atoms. The first kappa shape index (κ1) is 15.1. The van der Waals surface area contributed by atoms with Gasteiger partial charge in [-0.2, -0.15) is 5.10 Å². The van der Waals surface area contributed by atoms with Gasteiger partial charge in [-0.3, -0.25) is 4.68 Å². The Morgan fingerprint density at radius 1 is 1.40 bits per heavy atom. The molecule has 0 spiro atoms. The average molecular weight is 293 g/mol. The zero-order valence-corrected chi connectivity index (χ0v) is 12.7. The molecular formula is C15H20FN3S. The van der Waals surface area contributed by atoms with E-state index in [2.05, 4.69) is 10.4 Å². The maximum atomic E-state index is 13.1. The second-order valence-corrected chi connectivity index (χ2v) is 5.83. The monoisotopic (exact) mass is 293 g/mol. The van der Waals surface area contributed by atoms with Crippen molar-refractivity contribution in [2.75, 3.05) is 12.8 Å². The maximum Gasteiger partial charge on any atom is 0.124 e. The first-order valence-electron chi connectivity index (χ1n) is 6.71. The second kappa shape index (κ2) is 7.45. The largest absolute Gasteiger partial charge is 0.316 e. The van der Waals surface area contributed by atoms with Crippen LogP contribution < -0.4 is 5.32 Å². The zero-order valence-electron chi connectivity index (χ0n) is 11.8. The van der Waals surface area contributed by atoms with Gasteiger partial charge < -0.3 is 5.32 Å². The predicted octanol–water partition coefficient (Wildman–Crippen LogP) is 2.87. The van der Waals surface area contributed by atoms with Crippen molar-refractivity contribution in [3.63, 3.8) is 0 Å². The third-order valence-electron chi connectivity index (χ3n) is 3.33. The van der Waals surface area contributed by atoms with E-state index in [1.54, 1.807) is 23.9 Å². The topological polar surface area (TPSA) is 29.9 Å². The van der Waals surface area contributed by atoms with Crippen LogP contribution in [0.4, 0.5) is 4.39 Å². The van der Waals surface area contributed by atoms with Crippen LogP contribution >= 0.6 is 11.8 Å². The SMILES string of the molecule is CNC(CCc1ccnn1C)CSc1cccc(F)c1. The van der Waals surface area contributed by atoms with Crippen LogP contribution in [-0.2, 0) is 13.5 Å². The Morgan fingerprint density at radius 3 is 2.90 bits per heavy atom. The maximum absolute atomic E-state index is 13.1. The van der Waals surface area contributed by atoms with Crippen molar-refractivity contribution in [3.8, 4) is 0 Å². The lowest BCUT2D eigenvalue weighted by Gasteiger charge is -2.15. The van der Waals surface area contributed by atoms with Crippen LogP contribution in [0.15, 0.2) is 41.4 Å². The average Bonchev–Trinajstić information content (AvgIpc) is 2.85. The van der Waals surface area contributed by atoms with Gasteiger partial charge in [0.15, 0.2) is 0 Å². The van der Waals surface area contributed by atoms with Crippen LogP contribution in [0.25, 0.3) is 0 Å². The van der Waals surface area contributed by atoms with Crippen molar-refractivity contribution >= 4 is 11.8 Å². The predicted molar refractivity (Wildman–Crippen MR) is 81.5 cm³/mol. The number of aromatic nitrogens is 2. The molecule has 0 saturated carbocycles. The van der Waals surface area contributed by atoms with Crippen molar-refractivity contribution in [2.24, 2.45) is 7.05 Å². The van der Waals surface area contributed by atoms with Crippen LogP contribution in [0, 0.1) is 5.82 Å². The van der Waals surface area contributed by atoms with Gasteiger partial charge in [-0.15, -0.1) is 11.8 Å². The lowest BCUT2D eigenvalue weighted by molar-refractivity contribution is 0.556. The van der Waals surface area contributed by atoms with Gasteiger partial charge in [0, 0.05) is 35.6 Å². The van der Waals surface area contributed by atoms with E-state index in [1.165, 1.54) is 11.8 Å². The van der Waals surface area contributed by atoms with Crippen LogP contribution in [0.1, 0.15) is 12.1 Å². The normalized spacial score (nSPS) is 12.6. The molecule has 1 unspecified atom stereocenters. The van der Waals surface area contributed by atoms with Gasteiger partial charge in [0.05, 0.1) is 0 Å². The smallest absolute Gasteiger partial charge is 0.124 e. The first-order chi connectivity index (χ1) is 9.69. The Kier molecular flexibility index (Phi) is 5.61. The summed E-state index contributed by atoms with van der Waals surface area (Å²) in [6.07, 6.45) is 3.86. The molecule has 5 heteroatoms. The molecule has 1 N–H and O–H groups in total. The zero-order chi connectivity index (χ0) is 14.4. The molecule has 0 aliphatic rings. The quantitative estimate of drug-likeness (QED) is 0.796. The van der Waals surface area contributed by atoms with E-state index in [0.717, 1.165) is 23.5 Å². The lowest BCUT2D eigenvalue weighted by Crippen LogP contribution is -2.28. The number of benzene rings is 1. The van der Waals surface area contributed by atoms with Crippen molar-refractivity contribution in [1.29, 1.82) is 0 Å². The van der Waals surface area contributed by atoms with Gasteiger partial charge in [-0.25, -0.2) is 4.39 Å². The fourth-order valence-electron chi connectivity index (χ4n) is 2.03. The summed E-state index contributed by atoms with van der Waals surface area (Å²) in [7, 11) is 3.94. The Balaban J connectivity index is 1.82. The molecule has 0 saturated heterocycles. The number of hydrogen-bond acceptors (Lipinski definition) is 3. The highest BCUT2D eigenvalue weighted by molar-refractivity contribution is 7.99. The number of nitrogens with one attached hydrogen (secondary N) is 1. The number of hydrogen-bond donors (Lipinski definition) is 1. The minimum atomic E-state index is -0.175. The molecule has 1 atom stereocenters. The van der Waals surface area contributed by atoms with E-state index in [-0.39, 0.29) is 5.82 Å². The van der Waals surface area contributed by atoms with Crippen molar-refractivity contribution in [3.05, 3.63) is 48.0 Å². The molecular weight excluding hydrogens is 273 g/mol. The summed E-state index contributed by atoms with van der Waals surface area (Å²) < 4.78 is 15.0. The van der Waals surface area contributed by atoms with E-state index >= 15 is 0 Å². The summed E-state index contributed by atoms with van der Waals surface area (Å²) in [4.78, 5) is 0.978. The minimum absolute atomic E-state index is 0.175. The highest BCUT2D eigenvalue weighted by Crippen LogP contribution is 2.20. The van der Waals surface area contributed by atoms with Crippen LogP contribution in [-0.4, -0.2) is 28.6 Å². The molecule has 3 nitrogen and oxygen atoms in total. The van der Waals surface area contributed by atoms with Gasteiger partial charge >= 0.3 is 0 Å². The van der Waals surface area contributed by atoms with Crippen molar-refractivity contribution in [1.82, 2.24) is 15.1 Å². The van der Waals surface area contributed by atoms with Gasteiger partial charge in [-0.1, -0.05) is 6.07 Å². The molecule has 0 aliphatic carbocycles. The van der Waals surface area contributed by atoms with Crippen LogP contribution in [0.3, 0.4) is 0 Å². The highest BCUT2D eigenvalue weighted by atomic mass is 32.2. The summed E-state index contributed by atoms with van der Waals surface area (Å²) in [5.41, 5.74) is 1.24. The Bertz CT molecular complexity index is 541. The van der Waals surface area contributed by atoms with E-state index in [9.17, 15) is 4.39 Å². The first-order valence-corrected chi connectivity index (χ1v) is 7.70. The second-order valence-electron chi connectivity index (χ2n) is 4.74. The Hall–Kier alpha value is -1.33. The highest BCUT2D eigenvalue weighted by Gasteiger charge is 2.09. The molecule has 2 aromatic rings. The molecule has 0 amide bonds. The molecule has 2 rings (SSSR count). The molecule has 1 heterocycles. The van der Waals surface area contributed by atoms with Crippen molar-refractivity contribution < 1.29 is 4.39 Å². The number of halogens is 1. The Labute approximate surface area is 123 Å². The van der Waals surface area contributed by atoms with Crippen LogP contribution in [0.2, 0.25) is 0 Å². The summed E-state index contributed by atoms with van der Waals surface area (Å²) >= 11 is 1.68. The third kappa shape index (κ3) is 4.35. The summed E-state index contributed by atoms with van der Waals surface area (Å²) in [6.45, 7) is 0. The fraction of sp³-hybridized carbons (Fsp3) is 0.400. The molecule has 1 aromatic carbocycles. The summed E-state index contributed by atoms with van der Waals surface area (Å²) in [5, 5.41) is 7.50. The number of thioether (sulfide) groups is 1. The number of rotatable bonds is 7. The van der Waals surface area contributed by atoms with Crippen molar-refractivity contribution in [2.45, 2.75) is 23.8 Å². The molecule has 0 fully saturated rings. The number of aryl methyl sites for hydroxylation is 2. The van der Waals surface area contributed by atoms with Gasteiger partial charge in [-0.05, 0) is 44.2 Å². The standard InChI is InChI=1S/C15H20FN3S/c1-17-13(6-7-14-8-9-18-19(14)2)11-20-15-5-3-4-12(16)10-15/h3-5,8-10,13,17H,6-7,11H2,1-2H3. The van der Waals surface area contributed by atoms with E-state index in [0.29, 0.717) is 6.04 Å².